The number of hydrogen-bond acceptors (Lipinski definition) is 3. The van der Waals surface area contributed by atoms with Crippen LogP contribution in [0.5, 0.6) is 0 Å². The molecule has 5 heteroatoms. The van der Waals surface area contributed by atoms with E-state index in [1.807, 2.05) is 0 Å². The summed E-state index contributed by atoms with van der Waals surface area (Å²) in [6.45, 7) is 2.98. The van der Waals surface area contributed by atoms with Crippen LogP contribution in [-0.4, -0.2) is 23.5 Å². The monoisotopic (exact) mass is 307 g/mol. The number of nitrogens with one attached hydrogen (secondary N) is 1. The van der Waals surface area contributed by atoms with E-state index in [2.05, 4.69) is 12.2 Å². The lowest BCUT2D eigenvalue weighted by molar-refractivity contribution is -0.131. The first-order valence-electron chi connectivity index (χ1n) is 7.33. The molecule has 1 aromatic rings. The average Bonchev–Trinajstić information content (AvgIpc) is 2.91. The minimum absolute atomic E-state index is 0.103. The standard InChI is InChI=1S/C16H21NO3S/c1-11-3-2-4-12(9-11)10-17-16(20)15-13(7-8-21-15)5-6-14(18)19/h5-8,11-12H,2-4,9-10H2,1H3,(H,17,20)(H,18,19)/b6-5+. The maximum absolute atomic E-state index is 12.2. The van der Waals surface area contributed by atoms with Gasteiger partial charge in [0.05, 0.1) is 4.88 Å². The molecule has 2 rings (SSSR count). The molecule has 0 spiro atoms. The number of carbonyl (C=O) groups is 2. The Bertz CT molecular complexity index is 535. The van der Waals surface area contributed by atoms with Crippen molar-refractivity contribution in [2.24, 2.45) is 11.8 Å². The second-order valence-corrected chi connectivity index (χ2v) is 6.64. The highest BCUT2D eigenvalue weighted by atomic mass is 32.1. The van der Waals surface area contributed by atoms with Crippen molar-refractivity contribution in [3.05, 3.63) is 28.0 Å². The molecular formula is C16H21NO3S. The SMILES string of the molecule is CC1CCCC(CNC(=O)c2sccc2/C=C/C(=O)O)C1. The summed E-state index contributed by atoms with van der Waals surface area (Å²) in [5, 5.41) is 13.5. The summed E-state index contributed by atoms with van der Waals surface area (Å²) in [7, 11) is 0. The zero-order valence-electron chi connectivity index (χ0n) is 12.2. The number of thiophene rings is 1. The van der Waals surface area contributed by atoms with Gasteiger partial charge in [-0.2, -0.15) is 0 Å². The van der Waals surface area contributed by atoms with Gasteiger partial charge in [-0.1, -0.05) is 19.8 Å². The molecule has 21 heavy (non-hydrogen) atoms. The molecule has 114 valence electrons. The number of aliphatic carboxylic acids is 1. The summed E-state index contributed by atoms with van der Waals surface area (Å²) in [6.07, 6.45) is 7.42. The van der Waals surface area contributed by atoms with Crippen LogP contribution < -0.4 is 5.32 Å². The molecule has 0 aromatic carbocycles. The summed E-state index contributed by atoms with van der Waals surface area (Å²) in [5.41, 5.74) is 0.664. The van der Waals surface area contributed by atoms with Crippen LogP contribution in [0.1, 0.15) is 47.8 Å². The number of hydrogen-bond donors (Lipinski definition) is 2. The molecule has 1 fully saturated rings. The fourth-order valence-electron chi connectivity index (χ4n) is 2.86. The van der Waals surface area contributed by atoms with E-state index in [-0.39, 0.29) is 5.91 Å². The van der Waals surface area contributed by atoms with Gasteiger partial charge in [-0.15, -0.1) is 11.3 Å². The maximum Gasteiger partial charge on any atom is 0.328 e. The molecule has 1 heterocycles. The summed E-state index contributed by atoms with van der Waals surface area (Å²) in [6, 6.07) is 1.77. The van der Waals surface area contributed by atoms with Crippen molar-refractivity contribution in [3.63, 3.8) is 0 Å². The Morgan fingerprint density at radius 3 is 3.00 bits per heavy atom. The lowest BCUT2D eigenvalue weighted by atomic mass is 9.82. The molecule has 0 radical (unpaired) electrons. The fraction of sp³-hybridized carbons (Fsp3) is 0.500. The minimum atomic E-state index is -1.01. The first-order chi connectivity index (χ1) is 10.1. The number of carboxylic acid groups (broad SMARTS) is 1. The summed E-state index contributed by atoms with van der Waals surface area (Å²) in [4.78, 5) is 23.3. The van der Waals surface area contributed by atoms with E-state index in [1.54, 1.807) is 11.4 Å². The van der Waals surface area contributed by atoms with E-state index in [4.69, 9.17) is 5.11 Å². The largest absolute Gasteiger partial charge is 0.478 e. The fourth-order valence-corrected chi connectivity index (χ4v) is 3.66. The van der Waals surface area contributed by atoms with E-state index in [0.717, 1.165) is 12.0 Å². The van der Waals surface area contributed by atoms with E-state index in [0.29, 0.717) is 22.9 Å². The zero-order valence-corrected chi connectivity index (χ0v) is 13.0. The molecule has 0 aliphatic heterocycles. The van der Waals surface area contributed by atoms with Crippen LogP contribution in [0, 0.1) is 11.8 Å². The van der Waals surface area contributed by atoms with Crippen molar-refractivity contribution in [1.29, 1.82) is 0 Å². The van der Waals surface area contributed by atoms with Gasteiger partial charge in [-0.05, 0) is 47.8 Å². The molecule has 1 amide bonds. The van der Waals surface area contributed by atoms with Gasteiger partial charge in [0.25, 0.3) is 5.91 Å². The molecule has 0 saturated heterocycles. The molecule has 1 aliphatic carbocycles. The molecule has 2 unspecified atom stereocenters. The molecule has 1 aliphatic rings. The topological polar surface area (TPSA) is 66.4 Å². The number of carboxylic acids is 1. The molecule has 0 bridgehead atoms. The van der Waals surface area contributed by atoms with Crippen molar-refractivity contribution < 1.29 is 14.7 Å². The zero-order chi connectivity index (χ0) is 15.2. The van der Waals surface area contributed by atoms with Gasteiger partial charge < -0.3 is 10.4 Å². The second-order valence-electron chi connectivity index (χ2n) is 5.72. The lowest BCUT2D eigenvalue weighted by Crippen LogP contribution is -2.31. The molecule has 1 saturated carbocycles. The van der Waals surface area contributed by atoms with E-state index < -0.39 is 5.97 Å². The van der Waals surface area contributed by atoms with Gasteiger partial charge in [0.15, 0.2) is 0 Å². The third-order valence-corrected chi connectivity index (χ3v) is 4.83. The predicted octanol–water partition coefficient (Wildman–Crippen LogP) is 3.40. The quantitative estimate of drug-likeness (QED) is 0.819. The Labute approximate surface area is 128 Å². The van der Waals surface area contributed by atoms with Crippen molar-refractivity contribution in [2.45, 2.75) is 32.6 Å². The van der Waals surface area contributed by atoms with Crippen molar-refractivity contribution in [2.75, 3.05) is 6.54 Å². The Morgan fingerprint density at radius 2 is 2.29 bits per heavy atom. The van der Waals surface area contributed by atoms with Gasteiger partial charge in [-0.25, -0.2) is 4.79 Å². The smallest absolute Gasteiger partial charge is 0.328 e. The van der Waals surface area contributed by atoms with Crippen LogP contribution in [0.2, 0.25) is 0 Å². The highest BCUT2D eigenvalue weighted by Gasteiger charge is 2.20. The highest BCUT2D eigenvalue weighted by Crippen LogP contribution is 2.28. The lowest BCUT2D eigenvalue weighted by Gasteiger charge is -2.26. The third kappa shape index (κ3) is 4.70. The van der Waals surface area contributed by atoms with Gasteiger partial charge in [0.2, 0.25) is 0 Å². The highest BCUT2D eigenvalue weighted by molar-refractivity contribution is 7.12. The van der Waals surface area contributed by atoms with Crippen LogP contribution in [0.3, 0.4) is 0 Å². The van der Waals surface area contributed by atoms with E-state index in [1.165, 1.54) is 43.1 Å². The van der Waals surface area contributed by atoms with Crippen LogP contribution >= 0.6 is 11.3 Å². The molecular weight excluding hydrogens is 286 g/mol. The van der Waals surface area contributed by atoms with Gasteiger partial charge in [-0.3, -0.25) is 4.79 Å². The van der Waals surface area contributed by atoms with Crippen LogP contribution in [0.15, 0.2) is 17.5 Å². The predicted molar refractivity (Wildman–Crippen MR) is 84.4 cm³/mol. The summed E-state index contributed by atoms with van der Waals surface area (Å²) >= 11 is 1.34. The van der Waals surface area contributed by atoms with Crippen molar-refractivity contribution >= 4 is 29.3 Å². The van der Waals surface area contributed by atoms with Gasteiger partial charge in [0.1, 0.15) is 0 Å². The average molecular weight is 307 g/mol. The normalized spacial score (nSPS) is 22.3. The van der Waals surface area contributed by atoms with E-state index in [9.17, 15) is 9.59 Å². The summed E-state index contributed by atoms with van der Waals surface area (Å²) in [5.74, 6) is 0.198. The second kappa shape index (κ2) is 7.41. The van der Waals surface area contributed by atoms with Crippen LogP contribution in [0.25, 0.3) is 6.08 Å². The summed E-state index contributed by atoms with van der Waals surface area (Å²) < 4.78 is 0. The van der Waals surface area contributed by atoms with Crippen molar-refractivity contribution in [3.8, 4) is 0 Å². The molecule has 1 aromatic heterocycles. The molecule has 4 nitrogen and oxygen atoms in total. The number of carbonyl (C=O) groups excluding carboxylic acids is 1. The first-order valence-corrected chi connectivity index (χ1v) is 8.21. The van der Waals surface area contributed by atoms with E-state index >= 15 is 0 Å². The number of amides is 1. The Balaban J connectivity index is 1.91. The third-order valence-electron chi connectivity index (χ3n) is 3.90. The number of rotatable bonds is 5. The van der Waals surface area contributed by atoms with Crippen LogP contribution in [0.4, 0.5) is 0 Å². The van der Waals surface area contributed by atoms with Gasteiger partial charge >= 0.3 is 5.97 Å². The molecule has 2 N–H and O–H groups in total. The Kier molecular flexibility index (Phi) is 5.56. The van der Waals surface area contributed by atoms with Crippen molar-refractivity contribution in [1.82, 2.24) is 5.32 Å². The first kappa shape index (κ1) is 15.8. The minimum Gasteiger partial charge on any atom is -0.478 e. The maximum atomic E-state index is 12.2. The molecule has 2 atom stereocenters. The Morgan fingerprint density at radius 1 is 1.48 bits per heavy atom. The van der Waals surface area contributed by atoms with Gasteiger partial charge in [0, 0.05) is 12.6 Å². The Hall–Kier alpha value is -1.62. The van der Waals surface area contributed by atoms with Crippen LogP contribution in [-0.2, 0) is 4.79 Å².